The number of aromatic hydroxyl groups is 2. The normalized spacial score (nSPS) is 8.33. The van der Waals surface area contributed by atoms with Crippen LogP contribution in [0.15, 0.2) is 48.5 Å². The van der Waals surface area contributed by atoms with E-state index in [2.05, 4.69) is 0 Å². The number of rotatable bonds is 0. The SMILES string of the molecule is N#Cc1ccc(O)cc1.N#Cc1ccc(O)cc1. The fraction of sp³-hybridized carbons (Fsp3) is 0. The van der Waals surface area contributed by atoms with Gasteiger partial charge in [0.1, 0.15) is 11.5 Å². The highest BCUT2D eigenvalue weighted by Gasteiger charge is 1.87. The van der Waals surface area contributed by atoms with Gasteiger partial charge in [-0.3, -0.25) is 0 Å². The van der Waals surface area contributed by atoms with Crippen LogP contribution >= 0.6 is 0 Å². The number of hydrogen-bond acceptors (Lipinski definition) is 4. The Morgan fingerprint density at radius 3 is 1.11 bits per heavy atom. The second-order valence-corrected chi connectivity index (χ2v) is 3.32. The lowest BCUT2D eigenvalue weighted by Gasteiger charge is -1.87. The highest BCUT2D eigenvalue weighted by atomic mass is 16.3. The monoisotopic (exact) mass is 238 g/mol. The minimum atomic E-state index is 0.189. The molecule has 2 rings (SSSR count). The Morgan fingerprint density at radius 2 is 0.889 bits per heavy atom. The summed E-state index contributed by atoms with van der Waals surface area (Å²) >= 11 is 0. The standard InChI is InChI=1S/2C7H5NO/c2*8-5-6-1-3-7(9)4-2-6/h2*1-4,9H. The molecule has 0 bridgehead atoms. The first-order valence-corrected chi connectivity index (χ1v) is 5.04. The van der Waals surface area contributed by atoms with E-state index < -0.39 is 0 Å². The quantitative estimate of drug-likeness (QED) is 0.738. The smallest absolute Gasteiger partial charge is 0.115 e. The van der Waals surface area contributed by atoms with Gasteiger partial charge in [0.15, 0.2) is 0 Å². The average molecular weight is 238 g/mol. The molecule has 88 valence electrons. The Hall–Kier alpha value is -2.98. The third-order valence-electron chi connectivity index (χ3n) is 1.99. The molecule has 0 saturated carbocycles. The van der Waals surface area contributed by atoms with Crippen molar-refractivity contribution in [1.82, 2.24) is 0 Å². The maximum absolute atomic E-state index is 8.74. The second kappa shape index (κ2) is 6.57. The van der Waals surface area contributed by atoms with Gasteiger partial charge in [-0.15, -0.1) is 0 Å². The van der Waals surface area contributed by atoms with E-state index in [1.807, 2.05) is 12.1 Å². The Bertz CT molecular complexity index is 520. The zero-order valence-corrected chi connectivity index (χ0v) is 9.41. The molecule has 2 N–H and O–H groups in total. The molecule has 0 aliphatic heterocycles. The molecule has 2 aromatic rings. The summed E-state index contributed by atoms with van der Waals surface area (Å²) in [5, 5.41) is 34.1. The predicted molar refractivity (Wildman–Crippen MR) is 65.6 cm³/mol. The zero-order valence-electron chi connectivity index (χ0n) is 9.41. The van der Waals surface area contributed by atoms with Crippen LogP contribution in [0.2, 0.25) is 0 Å². The van der Waals surface area contributed by atoms with Crippen LogP contribution in [0.25, 0.3) is 0 Å². The second-order valence-electron chi connectivity index (χ2n) is 3.32. The number of phenolic OH excluding ortho intramolecular Hbond substituents is 2. The summed E-state index contributed by atoms with van der Waals surface area (Å²) in [4.78, 5) is 0. The van der Waals surface area contributed by atoms with Crippen molar-refractivity contribution in [2.75, 3.05) is 0 Å². The van der Waals surface area contributed by atoms with Crippen molar-refractivity contribution >= 4 is 0 Å². The number of nitrogens with zero attached hydrogens (tertiary/aromatic N) is 2. The van der Waals surface area contributed by atoms with E-state index >= 15 is 0 Å². The van der Waals surface area contributed by atoms with E-state index in [-0.39, 0.29) is 11.5 Å². The minimum absolute atomic E-state index is 0.189. The highest BCUT2D eigenvalue weighted by Crippen LogP contribution is 2.08. The van der Waals surface area contributed by atoms with Crippen molar-refractivity contribution in [2.45, 2.75) is 0 Å². The summed E-state index contributed by atoms with van der Waals surface area (Å²) in [5.41, 5.74) is 1.13. The molecule has 0 amide bonds. The Balaban J connectivity index is 0.000000180. The third kappa shape index (κ3) is 4.26. The van der Waals surface area contributed by atoms with Gasteiger partial charge >= 0.3 is 0 Å². The van der Waals surface area contributed by atoms with Crippen molar-refractivity contribution in [3.63, 3.8) is 0 Å². The molecule has 0 unspecified atom stereocenters. The van der Waals surface area contributed by atoms with Crippen molar-refractivity contribution < 1.29 is 10.2 Å². The molecule has 0 heterocycles. The summed E-state index contributed by atoms with van der Waals surface area (Å²) in [5.74, 6) is 0.378. The first-order valence-electron chi connectivity index (χ1n) is 5.04. The van der Waals surface area contributed by atoms with Crippen LogP contribution in [0.3, 0.4) is 0 Å². The lowest BCUT2D eigenvalue weighted by atomic mass is 10.2. The van der Waals surface area contributed by atoms with Crippen LogP contribution < -0.4 is 0 Å². The van der Waals surface area contributed by atoms with Crippen molar-refractivity contribution in [2.24, 2.45) is 0 Å². The van der Waals surface area contributed by atoms with Gasteiger partial charge in [-0.2, -0.15) is 10.5 Å². The number of hydrogen-bond donors (Lipinski definition) is 2. The molecule has 4 nitrogen and oxygen atoms in total. The number of benzene rings is 2. The predicted octanol–water partition coefficient (Wildman–Crippen LogP) is 2.53. The van der Waals surface area contributed by atoms with Gasteiger partial charge in [0.05, 0.1) is 23.3 Å². The van der Waals surface area contributed by atoms with E-state index in [1.54, 1.807) is 24.3 Å². The van der Waals surface area contributed by atoms with Gasteiger partial charge < -0.3 is 10.2 Å². The van der Waals surface area contributed by atoms with Gasteiger partial charge in [0.25, 0.3) is 0 Å². The minimum Gasteiger partial charge on any atom is -0.508 e. The molecule has 4 heteroatoms. The molecule has 0 aliphatic carbocycles. The van der Waals surface area contributed by atoms with Gasteiger partial charge in [-0.25, -0.2) is 0 Å². The maximum atomic E-state index is 8.74. The van der Waals surface area contributed by atoms with E-state index in [9.17, 15) is 0 Å². The first-order chi connectivity index (χ1) is 8.65. The van der Waals surface area contributed by atoms with Gasteiger partial charge in [-0.05, 0) is 48.5 Å². The van der Waals surface area contributed by atoms with Gasteiger partial charge in [0.2, 0.25) is 0 Å². The Morgan fingerprint density at radius 1 is 0.611 bits per heavy atom. The molecule has 0 spiro atoms. The molecular weight excluding hydrogens is 228 g/mol. The summed E-state index contributed by atoms with van der Waals surface area (Å²) in [7, 11) is 0. The van der Waals surface area contributed by atoms with Gasteiger partial charge in [-0.1, -0.05) is 0 Å². The fourth-order valence-corrected chi connectivity index (χ4v) is 1.07. The largest absolute Gasteiger partial charge is 0.508 e. The van der Waals surface area contributed by atoms with Crippen LogP contribution in [0.5, 0.6) is 11.5 Å². The first kappa shape index (κ1) is 13.1. The van der Waals surface area contributed by atoms with Gasteiger partial charge in [0, 0.05) is 0 Å². The molecule has 0 aliphatic rings. The fourth-order valence-electron chi connectivity index (χ4n) is 1.07. The molecule has 0 saturated heterocycles. The molecule has 0 fully saturated rings. The molecule has 0 radical (unpaired) electrons. The topological polar surface area (TPSA) is 88.0 Å². The summed E-state index contributed by atoms with van der Waals surface area (Å²) < 4.78 is 0. The van der Waals surface area contributed by atoms with Crippen LogP contribution in [-0.2, 0) is 0 Å². The number of nitriles is 2. The summed E-state index contributed by atoms with van der Waals surface area (Å²) in [6.45, 7) is 0. The van der Waals surface area contributed by atoms with Crippen molar-refractivity contribution in [3.05, 3.63) is 59.7 Å². The van der Waals surface area contributed by atoms with Crippen molar-refractivity contribution in [1.29, 1.82) is 10.5 Å². The highest BCUT2D eigenvalue weighted by molar-refractivity contribution is 5.34. The molecule has 2 aromatic carbocycles. The molecule has 0 atom stereocenters. The number of phenols is 2. The van der Waals surface area contributed by atoms with Crippen LogP contribution in [0.1, 0.15) is 11.1 Å². The summed E-state index contributed by atoms with van der Waals surface area (Å²) in [6.07, 6.45) is 0. The Labute approximate surface area is 105 Å². The zero-order chi connectivity index (χ0) is 13.4. The molecule has 18 heavy (non-hydrogen) atoms. The van der Waals surface area contributed by atoms with E-state index in [4.69, 9.17) is 20.7 Å². The molecular formula is C14H10N2O2. The lowest BCUT2D eigenvalue weighted by Crippen LogP contribution is -1.69. The average Bonchev–Trinajstić information content (AvgIpc) is 2.41. The van der Waals surface area contributed by atoms with Crippen molar-refractivity contribution in [3.8, 4) is 23.6 Å². The van der Waals surface area contributed by atoms with Crippen LogP contribution in [-0.4, -0.2) is 10.2 Å². The third-order valence-corrected chi connectivity index (χ3v) is 1.99. The van der Waals surface area contributed by atoms with Crippen LogP contribution in [0.4, 0.5) is 0 Å². The van der Waals surface area contributed by atoms with E-state index in [1.165, 1.54) is 24.3 Å². The van der Waals surface area contributed by atoms with E-state index in [0.717, 1.165) is 0 Å². The Kier molecular flexibility index (Phi) is 4.78. The van der Waals surface area contributed by atoms with Crippen LogP contribution in [0, 0.1) is 22.7 Å². The lowest BCUT2D eigenvalue weighted by molar-refractivity contribution is 0.474. The maximum Gasteiger partial charge on any atom is 0.115 e. The van der Waals surface area contributed by atoms with E-state index in [0.29, 0.717) is 11.1 Å². The summed E-state index contributed by atoms with van der Waals surface area (Å²) in [6, 6.07) is 16.1. The molecule has 0 aromatic heterocycles.